The molecule has 3 aliphatic rings. The second-order valence-electron chi connectivity index (χ2n) is 11.3. The van der Waals surface area contributed by atoms with E-state index in [1.807, 2.05) is 98.5 Å². The number of rotatable bonds is 4. The number of benzene rings is 3. The smallest absolute Gasteiger partial charge is 0.238 e. The lowest BCUT2D eigenvalue weighted by Gasteiger charge is -2.38. The molecule has 0 saturated carbocycles. The van der Waals surface area contributed by atoms with Crippen molar-refractivity contribution < 1.29 is 19.1 Å². The third-order valence-electron chi connectivity index (χ3n) is 8.19. The molecule has 6 rings (SSSR count). The maximum atomic E-state index is 14.6. The number of nitrogens with zero attached hydrogens (tertiary/aromatic N) is 1. The van der Waals surface area contributed by atoms with Crippen molar-refractivity contribution in [3.63, 3.8) is 0 Å². The lowest BCUT2D eigenvalue weighted by atomic mass is 9.63. The first-order valence-electron chi connectivity index (χ1n) is 12.9. The molecule has 0 unspecified atom stereocenters. The van der Waals surface area contributed by atoms with E-state index in [1.165, 1.54) is 0 Å². The molecule has 3 aromatic rings. The van der Waals surface area contributed by atoms with Gasteiger partial charge in [0.15, 0.2) is 11.6 Å². The van der Waals surface area contributed by atoms with Crippen LogP contribution in [0.15, 0.2) is 78.9 Å². The normalized spacial score (nSPS) is 25.0. The second-order valence-corrected chi connectivity index (χ2v) is 11.3. The van der Waals surface area contributed by atoms with E-state index in [-0.39, 0.29) is 17.5 Å². The van der Waals surface area contributed by atoms with Gasteiger partial charge in [0, 0.05) is 27.9 Å². The zero-order valence-electron chi connectivity index (χ0n) is 21.9. The number of hydrogen-bond acceptors (Lipinski definition) is 5. The highest BCUT2D eigenvalue weighted by Crippen LogP contribution is 2.58. The predicted octanol–water partition coefficient (Wildman–Crippen LogP) is 5.28. The van der Waals surface area contributed by atoms with E-state index < -0.39 is 28.8 Å². The molecule has 0 bridgehead atoms. The lowest BCUT2D eigenvalue weighted by Crippen LogP contribution is -2.51. The van der Waals surface area contributed by atoms with Crippen LogP contribution in [0.25, 0.3) is 6.08 Å². The van der Waals surface area contributed by atoms with Crippen LogP contribution in [0.5, 0.6) is 5.75 Å². The summed E-state index contributed by atoms with van der Waals surface area (Å²) in [6.07, 6.45) is 3.95. The summed E-state index contributed by atoms with van der Waals surface area (Å²) >= 11 is 0. The monoisotopic (exact) mass is 506 g/mol. The summed E-state index contributed by atoms with van der Waals surface area (Å²) in [6.45, 7) is 5.62. The fraction of sp³-hybridized carbons (Fsp3) is 0.281. The lowest BCUT2D eigenvalue weighted by molar-refractivity contribution is -0.128. The molecule has 1 N–H and O–H groups in total. The quantitative estimate of drug-likeness (QED) is 0.487. The number of anilines is 2. The van der Waals surface area contributed by atoms with Gasteiger partial charge < -0.3 is 15.0 Å². The number of Topliss-reactive ketones (excluding diaryl/α,β-unsaturated/α-hetero) is 2. The van der Waals surface area contributed by atoms with E-state index >= 15 is 0 Å². The van der Waals surface area contributed by atoms with Crippen LogP contribution in [0.2, 0.25) is 0 Å². The van der Waals surface area contributed by atoms with Crippen molar-refractivity contribution in [2.45, 2.75) is 38.3 Å². The number of ether oxygens (including phenoxy) is 1. The number of nitrogens with one attached hydrogen (secondary N) is 1. The molecule has 1 fully saturated rings. The maximum absolute atomic E-state index is 14.6. The Morgan fingerprint density at radius 2 is 1.68 bits per heavy atom. The zero-order valence-corrected chi connectivity index (χ0v) is 21.9. The van der Waals surface area contributed by atoms with E-state index in [9.17, 15) is 14.4 Å². The van der Waals surface area contributed by atoms with Crippen LogP contribution in [-0.4, -0.2) is 36.7 Å². The third-order valence-corrected chi connectivity index (χ3v) is 8.19. The molecular formula is C32H30N2O4. The average molecular weight is 507 g/mol. The molecule has 6 heteroatoms. The van der Waals surface area contributed by atoms with E-state index in [1.54, 1.807) is 19.2 Å². The van der Waals surface area contributed by atoms with Crippen molar-refractivity contribution in [3.8, 4) is 5.75 Å². The molecule has 0 aromatic heterocycles. The Labute approximate surface area is 222 Å². The maximum Gasteiger partial charge on any atom is 0.238 e. The molecule has 1 saturated heterocycles. The summed E-state index contributed by atoms with van der Waals surface area (Å²) in [7, 11) is 1.61. The summed E-state index contributed by atoms with van der Waals surface area (Å²) in [5.74, 6) is -0.794. The minimum atomic E-state index is -1.29. The van der Waals surface area contributed by atoms with Gasteiger partial charge in [-0.3, -0.25) is 14.4 Å². The summed E-state index contributed by atoms with van der Waals surface area (Å²) in [4.78, 5) is 45.2. The van der Waals surface area contributed by atoms with Crippen LogP contribution in [0.1, 0.15) is 42.3 Å². The Hall–Kier alpha value is -4.19. The van der Waals surface area contributed by atoms with Crippen molar-refractivity contribution in [3.05, 3.63) is 95.6 Å². The first kappa shape index (κ1) is 24.2. The molecule has 0 aliphatic carbocycles. The van der Waals surface area contributed by atoms with Crippen molar-refractivity contribution in [1.29, 1.82) is 0 Å². The van der Waals surface area contributed by atoms with Gasteiger partial charge in [0.25, 0.3) is 0 Å². The van der Waals surface area contributed by atoms with Gasteiger partial charge in [-0.1, -0.05) is 81.5 Å². The standard InChI is InChI=1S/C32H30N2O4/c1-31(2,3)29(36)27-26(28(35)19-10-6-5-7-11-19)32(22-12-8-9-13-23(22)33-30(32)37)25-17-14-20-18-21(38-4)15-16-24(20)34(25)27/h5-18,25-27H,1-4H3,(H,33,37)/t25-,26-,27-,32-/m0/s1. The Bertz CT molecular complexity index is 1500. The fourth-order valence-corrected chi connectivity index (χ4v) is 6.51. The first-order chi connectivity index (χ1) is 18.2. The summed E-state index contributed by atoms with van der Waals surface area (Å²) in [5, 5.41) is 3.06. The van der Waals surface area contributed by atoms with Gasteiger partial charge in [0.1, 0.15) is 17.2 Å². The van der Waals surface area contributed by atoms with Gasteiger partial charge in [-0.05, 0) is 29.8 Å². The van der Waals surface area contributed by atoms with Crippen LogP contribution < -0.4 is 15.0 Å². The molecule has 3 aromatic carbocycles. The van der Waals surface area contributed by atoms with Crippen molar-refractivity contribution in [2.75, 3.05) is 17.3 Å². The topological polar surface area (TPSA) is 75.7 Å². The summed E-state index contributed by atoms with van der Waals surface area (Å²) in [6, 6.07) is 20.8. The number of hydrogen-bond donors (Lipinski definition) is 1. The zero-order chi connectivity index (χ0) is 26.8. The van der Waals surface area contributed by atoms with Gasteiger partial charge in [-0.15, -0.1) is 0 Å². The average Bonchev–Trinajstić information content (AvgIpc) is 3.40. The number of amides is 1. The van der Waals surface area contributed by atoms with E-state index in [4.69, 9.17) is 4.74 Å². The SMILES string of the molecule is COc1ccc2c(c1)C=C[C@@H]1N2[C@H](C(=O)C(C)(C)C)[C@@H](C(=O)c2ccccc2)[C@@]12C(=O)Nc1ccccc12. The Morgan fingerprint density at radius 3 is 2.39 bits per heavy atom. The fourth-order valence-electron chi connectivity index (χ4n) is 6.51. The minimum absolute atomic E-state index is 0.0806. The van der Waals surface area contributed by atoms with Gasteiger partial charge in [-0.25, -0.2) is 0 Å². The molecule has 4 atom stereocenters. The Balaban J connectivity index is 1.68. The van der Waals surface area contributed by atoms with Crippen molar-refractivity contribution >= 4 is 34.9 Å². The highest BCUT2D eigenvalue weighted by atomic mass is 16.5. The van der Waals surface area contributed by atoms with Gasteiger partial charge in [0.2, 0.25) is 5.91 Å². The summed E-state index contributed by atoms with van der Waals surface area (Å²) in [5.41, 5.74) is 1.56. The van der Waals surface area contributed by atoms with Crippen LogP contribution >= 0.6 is 0 Å². The van der Waals surface area contributed by atoms with Gasteiger partial charge in [-0.2, -0.15) is 0 Å². The third kappa shape index (κ3) is 3.22. The highest BCUT2D eigenvalue weighted by Gasteiger charge is 2.70. The van der Waals surface area contributed by atoms with Crippen molar-refractivity contribution in [2.24, 2.45) is 11.3 Å². The van der Waals surface area contributed by atoms with Gasteiger partial charge >= 0.3 is 0 Å². The molecule has 3 aliphatic heterocycles. The summed E-state index contributed by atoms with van der Waals surface area (Å²) < 4.78 is 5.46. The number of fused-ring (bicyclic) bond motifs is 6. The Morgan fingerprint density at radius 1 is 0.974 bits per heavy atom. The molecule has 6 nitrogen and oxygen atoms in total. The van der Waals surface area contributed by atoms with Crippen LogP contribution in [0.3, 0.4) is 0 Å². The van der Waals surface area contributed by atoms with E-state index in [0.29, 0.717) is 17.0 Å². The minimum Gasteiger partial charge on any atom is -0.497 e. The molecule has 1 spiro atoms. The molecule has 3 heterocycles. The molecule has 38 heavy (non-hydrogen) atoms. The van der Waals surface area contributed by atoms with Crippen LogP contribution in [-0.2, 0) is 15.0 Å². The largest absolute Gasteiger partial charge is 0.497 e. The van der Waals surface area contributed by atoms with Crippen molar-refractivity contribution in [1.82, 2.24) is 0 Å². The van der Waals surface area contributed by atoms with E-state index in [0.717, 1.165) is 16.8 Å². The number of methoxy groups -OCH3 is 1. The number of carbonyl (C=O) groups is 3. The molecule has 192 valence electrons. The predicted molar refractivity (Wildman–Crippen MR) is 148 cm³/mol. The number of para-hydroxylation sites is 1. The van der Waals surface area contributed by atoms with E-state index in [2.05, 4.69) is 5.32 Å². The highest BCUT2D eigenvalue weighted by molar-refractivity contribution is 6.17. The van der Waals surface area contributed by atoms with Crippen LogP contribution in [0.4, 0.5) is 11.4 Å². The molecule has 0 radical (unpaired) electrons. The number of ketones is 2. The number of carbonyl (C=O) groups excluding carboxylic acids is 3. The van der Waals surface area contributed by atoms with Gasteiger partial charge in [0.05, 0.1) is 19.1 Å². The second kappa shape index (κ2) is 8.42. The first-order valence-corrected chi connectivity index (χ1v) is 12.9. The molecule has 1 amide bonds. The van der Waals surface area contributed by atoms with Crippen LogP contribution in [0, 0.1) is 11.3 Å². The Kier molecular flexibility index (Phi) is 5.35. The molecular weight excluding hydrogens is 476 g/mol.